The van der Waals surface area contributed by atoms with Gasteiger partial charge in [0.25, 0.3) is 0 Å². The van der Waals surface area contributed by atoms with E-state index in [1.807, 2.05) is 0 Å². The van der Waals surface area contributed by atoms with Gasteiger partial charge < -0.3 is 0 Å². The van der Waals surface area contributed by atoms with Crippen LogP contribution < -0.4 is 0 Å². The minimum atomic E-state index is 0.0830. The molecule has 1 heteroatoms. The van der Waals surface area contributed by atoms with Crippen LogP contribution in [0.25, 0.3) is 0 Å². The first-order valence-electron chi connectivity index (χ1n) is 6.02. The molecule has 0 heterocycles. The van der Waals surface area contributed by atoms with Gasteiger partial charge in [-0.3, -0.25) is 4.79 Å². The molecule has 0 radical (unpaired) electrons. The second kappa shape index (κ2) is 3.73. The second-order valence-electron chi connectivity index (χ2n) is 5.53. The number of hydrogen-bond donors (Lipinski definition) is 0. The van der Waals surface area contributed by atoms with Crippen molar-refractivity contribution in [1.29, 1.82) is 0 Å². The van der Waals surface area contributed by atoms with E-state index in [1.165, 1.54) is 22.3 Å². The molecular formula is C15H20O. The third kappa shape index (κ3) is 1.79. The molecular weight excluding hydrogens is 196 g/mol. The normalized spacial score (nSPS) is 25.1. The maximum absolute atomic E-state index is 11.5. The lowest BCUT2D eigenvalue weighted by molar-refractivity contribution is -0.117. The lowest BCUT2D eigenvalue weighted by atomic mass is 9.77. The van der Waals surface area contributed by atoms with Crippen molar-refractivity contribution < 1.29 is 4.79 Å². The highest BCUT2D eigenvalue weighted by Crippen LogP contribution is 2.40. The summed E-state index contributed by atoms with van der Waals surface area (Å²) in [6.45, 7) is 8.69. The van der Waals surface area contributed by atoms with Crippen LogP contribution in [0.1, 0.15) is 48.4 Å². The number of Topliss-reactive ketones (excluding diaryl/α,β-unsaturated/α-hetero) is 1. The zero-order valence-corrected chi connectivity index (χ0v) is 10.7. The fourth-order valence-electron chi connectivity index (χ4n) is 2.87. The molecule has 1 saturated carbocycles. The summed E-state index contributed by atoms with van der Waals surface area (Å²) in [5, 5.41) is 0. The fourth-order valence-corrected chi connectivity index (χ4v) is 2.87. The van der Waals surface area contributed by atoms with Crippen molar-refractivity contribution in [3.05, 3.63) is 34.4 Å². The van der Waals surface area contributed by atoms with E-state index >= 15 is 0 Å². The van der Waals surface area contributed by atoms with E-state index in [4.69, 9.17) is 0 Å². The highest BCUT2D eigenvalue weighted by Gasteiger charge is 2.36. The summed E-state index contributed by atoms with van der Waals surface area (Å²) in [6.07, 6.45) is 2.48. The highest BCUT2D eigenvalue weighted by molar-refractivity contribution is 5.82. The molecule has 1 fully saturated rings. The minimum Gasteiger partial charge on any atom is -0.300 e. The van der Waals surface area contributed by atoms with Crippen LogP contribution in [0.3, 0.4) is 0 Å². The van der Waals surface area contributed by atoms with Gasteiger partial charge in [0.15, 0.2) is 0 Å². The first-order valence-corrected chi connectivity index (χ1v) is 6.02. The van der Waals surface area contributed by atoms with Crippen molar-refractivity contribution >= 4 is 5.78 Å². The van der Waals surface area contributed by atoms with Crippen LogP contribution in [0.4, 0.5) is 0 Å². The molecule has 1 aliphatic rings. The Morgan fingerprint density at radius 1 is 1.06 bits per heavy atom. The first-order chi connectivity index (χ1) is 7.42. The number of ketones is 1. The Morgan fingerprint density at radius 2 is 1.69 bits per heavy atom. The van der Waals surface area contributed by atoms with Crippen LogP contribution >= 0.6 is 0 Å². The Labute approximate surface area is 97.9 Å². The molecule has 1 aromatic rings. The third-order valence-corrected chi connectivity index (χ3v) is 4.03. The largest absolute Gasteiger partial charge is 0.300 e. The Morgan fingerprint density at radius 3 is 2.25 bits per heavy atom. The standard InChI is InChI=1S/C15H20O/c1-10-7-12(3)14(8-11(10)2)15(4)6-5-13(16)9-15/h7-8H,5-6,9H2,1-4H3. The van der Waals surface area contributed by atoms with Crippen LogP contribution in [0.15, 0.2) is 12.1 Å². The maximum Gasteiger partial charge on any atom is 0.133 e. The van der Waals surface area contributed by atoms with Crippen LogP contribution in [0, 0.1) is 20.8 Å². The van der Waals surface area contributed by atoms with E-state index < -0.39 is 0 Å². The SMILES string of the molecule is Cc1cc(C)c(C2(C)CCC(=O)C2)cc1C. The van der Waals surface area contributed by atoms with Gasteiger partial charge in [0.2, 0.25) is 0 Å². The number of carbonyl (C=O) groups excluding carboxylic acids is 1. The molecule has 0 spiro atoms. The average Bonchev–Trinajstić information content (AvgIpc) is 2.53. The van der Waals surface area contributed by atoms with Crippen molar-refractivity contribution in [1.82, 2.24) is 0 Å². The molecule has 0 aliphatic heterocycles. The average molecular weight is 216 g/mol. The molecule has 1 atom stereocenters. The molecule has 1 aromatic carbocycles. The summed E-state index contributed by atoms with van der Waals surface area (Å²) in [6, 6.07) is 4.53. The maximum atomic E-state index is 11.5. The molecule has 16 heavy (non-hydrogen) atoms. The van der Waals surface area contributed by atoms with E-state index in [0.29, 0.717) is 5.78 Å². The van der Waals surface area contributed by atoms with Crippen molar-refractivity contribution in [2.24, 2.45) is 0 Å². The summed E-state index contributed by atoms with van der Waals surface area (Å²) in [4.78, 5) is 11.5. The number of benzene rings is 1. The molecule has 0 bridgehead atoms. The molecule has 0 aromatic heterocycles. The molecule has 2 rings (SSSR count). The molecule has 0 saturated heterocycles. The molecule has 86 valence electrons. The Kier molecular flexibility index (Phi) is 2.65. The predicted molar refractivity (Wildman–Crippen MR) is 66.9 cm³/mol. The van der Waals surface area contributed by atoms with Crippen molar-refractivity contribution in [3.63, 3.8) is 0 Å². The molecule has 1 aliphatic carbocycles. The number of hydrogen-bond acceptors (Lipinski definition) is 1. The number of rotatable bonds is 1. The van der Waals surface area contributed by atoms with Crippen LogP contribution in [-0.4, -0.2) is 5.78 Å². The van der Waals surface area contributed by atoms with Crippen LogP contribution in [0.5, 0.6) is 0 Å². The summed E-state index contributed by atoms with van der Waals surface area (Å²) >= 11 is 0. The van der Waals surface area contributed by atoms with Crippen LogP contribution in [0.2, 0.25) is 0 Å². The van der Waals surface area contributed by atoms with E-state index in [-0.39, 0.29) is 5.41 Å². The second-order valence-corrected chi connectivity index (χ2v) is 5.53. The zero-order valence-electron chi connectivity index (χ0n) is 10.7. The molecule has 0 N–H and O–H groups in total. The van der Waals surface area contributed by atoms with Gasteiger partial charge in [-0.25, -0.2) is 0 Å². The van der Waals surface area contributed by atoms with Gasteiger partial charge in [-0.15, -0.1) is 0 Å². The van der Waals surface area contributed by atoms with Gasteiger partial charge >= 0.3 is 0 Å². The van der Waals surface area contributed by atoms with Gasteiger partial charge in [0, 0.05) is 18.3 Å². The monoisotopic (exact) mass is 216 g/mol. The Hall–Kier alpha value is -1.11. The van der Waals surface area contributed by atoms with E-state index in [0.717, 1.165) is 19.3 Å². The van der Waals surface area contributed by atoms with Crippen molar-refractivity contribution in [2.75, 3.05) is 0 Å². The van der Waals surface area contributed by atoms with Gasteiger partial charge in [0.05, 0.1) is 0 Å². The number of aryl methyl sites for hydroxylation is 3. The Bertz CT molecular complexity index is 445. The molecule has 1 unspecified atom stereocenters. The first kappa shape index (κ1) is 11.4. The summed E-state index contributed by atoms with van der Waals surface area (Å²) < 4.78 is 0. The minimum absolute atomic E-state index is 0.0830. The lowest BCUT2D eigenvalue weighted by Crippen LogP contribution is -2.19. The van der Waals surface area contributed by atoms with Gasteiger partial charge in [-0.2, -0.15) is 0 Å². The quantitative estimate of drug-likeness (QED) is 0.700. The van der Waals surface area contributed by atoms with Crippen molar-refractivity contribution in [2.45, 2.75) is 52.4 Å². The molecule has 1 nitrogen and oxygen atoms in total. The lowest BCUT2D eigenvalue weighted by Gasteiger charge is -2.26. The molecule has 0 amide bonds. The number of carbonyl (C=O) groups is 1. The third-order valence-electron chi connectivity index (χ3n) is 4.03. The Balaban J connectivity index is 2.48. The van der Waals surface area contributed by atoms with Gasteiger partial charge in [-0.1, -0.05) is 19.1 Å². The van der Waals surface area contributed by atoms with Crippen LogP contribution in [-0.2, 0) is 10.2 Å². The summed E-state index contributed by atoms with van der Waals surface area (Å²) in [7, 11) is 0. The van der Waals surface area contributed by atoms with E-state index in [9.17, 15) is 4.79 Å². The predicted octanol–water partition coefficient (Wildman–Crippen LogP) is 3.62. The fraction of sp³-hybridized carbons (Fsp3) is 0.533. The topological polar surface area (TPSA) is 17.1 Å². The van der Waals surface area contributed by atoms with Gasteiger partial charge in [0.1, 0.15) is 5.78 Å². The zero-order chi connectivity index (χ0) is 11.9. The van der Waals surface area contributed by atoms with E-state index in [2.05, 4.69) is 39.8 Å². The summed E-state index contributed by atoms with van der Waals surface area (Å²) in [5.41, 5.74) is 5.47. The van der Waals surface area contributed by atoms with Gasteiger partial charge in [-0.05, 0) is 49.4 Å². The van der Waals surface area contributed by atoms with E-state index in [1.54, 1.807) is 0 Å². The smallest absolute Gasteiger partial charge is 0.133 e. The van der Waals surface area contributed by atoms with Crippen molar-refractivity contribution in [3.8, 4) is 0 Å². The highest BCUT2D eigenvalue weighted by atomic mass is 16.1. The summed E-state index contributed by atoms with van der Waals surface area (Å²) in [5.74, 6) is 0.417.